The quantitative estimate of drug-likeness (QED) is 0.710. The van der Waals surface area contributed by atoms with Crippen molar-refractivity contribution in [2.45, 2.75) is 26.3 Å². The summed E-state index contributed by atoms with van der Waals surface area (Å²) in [6.07, 6.45) is 2.86. The van der Waals surface area contributed by atoms with Gasteiger partial charge in [0.2, 0.25) is 0 Å². The van der Waals surface area contributed by atoms with E-state index in [1.807, 2.05) is 6.07 Å². The second-order valence-corrected chi connectivity index (χ2v) is 5.90. The van der Waals surface area contributed by atoms with E-state index in [9.17, 15) is 0 Å². The molecule has 16 heavy (non-hydrogen) atoms. The number of hydrogen-bond donors (Lipinski definition) is 0. The Morgan fingerprint density at radius 1 is 1.50 bits per heavy atom. The zero-order chi connectivity index (χ0) is 12.1. The van der Waals surface area contributed by atoms with Crippen LogP contribution in [-0.4, -0.2) is 22.9 Å². The lowest BCUT2D eigenvalue weighted by atomic mass is 10.3. The first-order valence-corrected chi connectivity index (χ1v) is 7.49. The van der Waals surface area contributed by atoms with Crippen molar-refractivity contribution in [1.82, 2.24) is 4.98 Å². The lowest BCUT2D eigenvalue weighted by Crippen LogP contribution is -2.32. The first kappa shape index (κ1) is 14.3. The summed E-state index contributed by atoms with van der Waals surface area (Å²) >= 11 is 13.0. The van der Waals surface area contributed by atoms with Crippen LogP contribution < -0.4 is 4.90 Å². The zero-order valence-electron chi connectivity index (χ0n) is 9.38. The topological polar surface area (TPSA) is 16.1 Å². The van der Waals surface area contributed by atoms with Gasteiger partial charge >= 0.3 is 0 Å². The lowest BCUT2D eigenvalue weighted by Gasteiger charge is -2.28. The number of alkyl halides is 1. The van der Waals surface area contributed by atoms with E-state index in [4.69, 9.17) is 11.6 Å². The molecule has 0 atom stereocenters. The molecule has 0 saturated carbocycles. The summed E-state index contributed by atoms with van der Waals surface area (Å²) in [6.45, 7) is 5.25. The van der Waals surface area contributed by atoms with Crippen molar-refractivity contribution in [3.05, 3.63) is 21.8 Å². The molecule has 2 nitrogen and oxygen atoms in total. The third kappa shape index (κ3) is 3.90. The van der Waals surface area contributed by atoms with Gasteiger partial charge in [-0.15, -0.1) is 0 Å². The molecule has 0 aromatic carbocycles. The first-order valence-electron chi connectivity index (χ1n) is 5.20. The molecule has 0 saturated heterocycles. The van der Waals surface area contributed by atoms with E-state index in [0.29, 0.717) is 11.1 Å². The number of aromatic nitrogens is 1. The van der Waals surface area contributed by atoms with Crippen molar-refractivity contribution in [3.8, 4) is 0 Å². The van der Waals surface area contributed by atoms with Crippen LogP contribution in [0.5, 0.6) is 0 Å². The molecule has 0 fully saturated rings. The summed E-state index contributed by atoms with van der Waals surface area (Å²) in [5.74, 6) is 0.862. The summed E-state index contributed by atoms with van der Waals surface area (Å²) < 4.78 is 0.908. The van der Waals surface area contributed by atoms with Gasteiger partial charge in [0.15, 0.2) is 0 Å². The molecule has 0 unspecified atom stereocenters. The molecule has 0 aliphatic carbocycles. The summed E-state index contributed by atoms with van der Waals surface area (Å²) in [5.41, 5.74) is 0. The van der Waals surface area contributed by atoms with Crippen LogP contribution in [0.25, 0.3) is 0 Å². The van der Waals surface area contributed by atoms with Crippen molar-refractivity contribution in [2.75, 3.05) is 16.8 Å². The monoisotopic (exact) mass is 368 g/mol. The predicted molar refractivity (Wildman–Crippen MR) is 77.8 cm³/mol. The molecular formula is C11H15Br2ClN2. The highest BCUT2D eigenvalue weighted by Gasteiger charge is 2.14. The van der Waals surface area contributed by atoms with Crippen molar-refractivity contribution in [1.29, 1.82) is 0 Å². The van der Waals surface area contributed by atoms with Crippen molar-refractivity contribution in [3.63, 3.8) is 0 Å². The van der Waals surface area contributed by atoms with Crippen LogP contribution in [0, 0.1) is 0 Å². The van der Waals surface area contributed by atoms with E-state index >= 15 is 0 Å². The molecule has 0 aliphatic rings. The van der Waals surface area contributed by atoms with Gasteiger partial charge in [-0.25, -0.2) is 4.98 Å². The Balaban J connectivity index is 2.92. The molecule has 1 rings (SSSR count). The predicted octanol–water partition coefficient (Wildman–Crippen LogP) is 4.50. The minimum Gasteiger partial charge on any atom is -0.353 e. The average Bonchev–Trinajstić information content (AvgIpc) is 2.20. The molecule has 1 heterocycles. The normalized spacial score (nSPS) is 10.9. The molecule has 0 aliphatic heterocycles. The van der Waals surface area contributed by atoms with Gasteiger partial charge in [0, 0.05) is 28.6 Å². The molecule has 0 radical (unpaired) electrons. The highest BCUT2D eigenvalue weighted by Crippen LogP contribution is 2.27. The van der Waals surface area contributed by atoms with E-state index in [1.54, 1.807) is 6.20 Å². The van der Waals surface area contributed by atoms with Gasteiger partial charge in [0.25, 0.3) is 0 Å². The molecule has 5 heteroatoms. The molecule has 90 valence electrons. The van der Waals surface area contributed by atoms with Crippen molar-refractivity contribution in [2.24, 2.45) is 0 Å². The Morgan fingerprint density at radius 2 is 2.19 bits per heavy atom. The van der Waals surface area contributed by atoms with Gasteiger partial charge in [0.05, 0.1) is 5.02 Å². The second-order valence-electron chi connectivity index (χ2n) is 3.79. The maximum Gasteiger partial charge on any atom is 0.147 e. The number of pyridine rings is 1. The number of nitrogens with zero attached hydrogens (tertiary/aromatic N) is 2. The first-order chi connectivity index (χ1) is 7.56. The molecule has 0 spiro atoms. The number of anilines is 1. The van der Waals surface area contributed by atoms with Crippen LogP contribution in [0.3, 0.4) is 0 Å². The fraction of sp³-hybridized carbons (Fsp3) is 0.545. The highest BCUT2D eigenvalue weighted by atomic mass is 79.9. The van der Waals surface area contributed by atoms with Gasteiger partial charge < -0.3 is 4.90 Å². The van der Waals surface area contributed by atoms with Crippen LogP contribution in [0.4, 0.5) is 5.82 Å². The minimum absolute atomic E-state index is 0.394. The van der Waals surface area contributed by atoms with Gasteiger partial charge in [-0.3, -0.25) is 0 Å². The molecular weight excluding hydrogens is 355 g/mol. The third-order valence-corrected chi connectivity index (χ3v) is 3.49. The molecule has 1 aromatic rings. The van der Waals surface area contributed by atoms with E-state index in [0.717, 1.165) is 28.6 Å². The van der Waals surface area contributed by atoms with Crippen molar-refractivity contribution >= 4 is 49.3 Å². The maximum absolute atomic E-state index is 6.20. The SMILES string of the molecule is CC(C)N(CCCBr)c1ncc(Br)cc1Cl. The minimum atomic E-state index is 0.394. The van der Waals surface area contributed by atoms with Gasteiger partial charge in [-0.1, -0.05) is 27.5 Å². The number of hydrogen-bond acceptors (Lipinski definition) is 2. The van der Waals surface area contributed by atoms with E-state index in [1.165, 1.54) is 0 Å². The Labute approximate surface area is 119 Å². The lowest BCUT2D eigenvalue weighted by molar-refractivity contribution is 0.665. The molecule has 0 bridgehead atoms. The standard InChI is InChI=1S/C11H15Br2ClN2/c1-8(2)16(5-3-4-12)11-10(14)6-9(13)7-15-11/h6-8H,3-5H2,1-2H3. The summed E-state index contributed by atoms with van der Waals surface area (Å²) in [7, 11) is 0. The van der Waals surface area contributed by atoms with Crippen LogP contribution >= 0.6 is 43.5 Å². The fourth-order valence-corrected chi connectivity index (χ4v) is 2.45. The molecule has 0 amide bonds. The summed E-state index contributed by atoms with van der Waals surface area (Å²) in [4.78, 5) is 6.60. The van der Waals surface area contributed by atoms with Gasteiger partial charge in [0.1, 0.15) is 5.82 Å². The van der Waals surface area contributed by atoms with Crippen molar-refractivity contribution < 1.29 is 0 Å². The van der Waals surface area contributed by atoms with Crippen LogP contribution in [0.2, 0.25) is 5.02 Å². The smallest absolute Gasteiger partial charge is 0.147 e. The highest BCUT2D eigenvalue weighted by molar-refractivity contribution is 9.10. The fourth-order valence-electron chi connectivity index (χ4n) is 1.46. The summed E-state index contributed by atoms with van der Waals surface area (Å²) in [6, 6.07) is 2.28. The maximum atomic E-state index is 6.20. The number of halogens is 3. The zero-order valence-corrected chi connectivity index (χ0v) is 13.3. The molecule has 1 aromatic heterocycles. The van der Waals surface area contributed by atoms with E-state index in [-0.39, 0.29) is 0 Å². The third-order valence-electron chi connectivity index (χ3n) is 2.22. The Bertz CT molecular complexity index is 345. The van der Waals surface area contributed by atoms with Gasteiger partial charge in [-0.05, 0) is 42.3 Å². The Hall–Kier alpha value is 0.200. The Morgan fingerprint density at radius 3 is 2.69 bits per heavy atom. The van der Waals surface area contributed by atoms with Crippen LogP contribution in [-0.2, 0) is 0 Å². The van der Waals surface area contributed by atoms with Gasteiger partial charge in [-0.2, -0.15) is 0 Å². The molecule has 0 N–H and O–H groups in total. The Kier molecular flexibility index (Phi) is 6.08. The average molecular weight is 371 g/mol. The van der Waals surface area contributed by atoms with E-state index in [2.05, 4.69) is 55.6 Å². The number of rotatable bonds is 5. The van der Waals surface area contributed by atoms with Crippen LogP contribution in [0.15, 0.2) is 16.7 Å². The largest absolute Gasteiger partial charge is 0.353 e. The summed E-state index contributed by atoms with van der Waals surface area (Å²) in [5, 5.41) is 1.68. The van der Waals surface area contributed by atoms with E-state index < -0.39 is 0 Å². The van der Waals surface area contributed by atoms with Crippen LogP contribution in [0.1, 0.15) is 20.3 Å². The second kappa shape index (κ2) is 6.82.